The number of ether oxygens (including phenoxy) is 1. The highest BCUT2D eigenvalue weighted by Crippen LogP contribution is 2.36. The third-order valence-electron chi connectivity index (χ3n) is 6.82. The monoisotopic (exact) mass is 406 g/mol. The summed E-state index contributed by atoms with van der Waals surface area (Å²) in [6.45, 7) is 7.60. The molecule has 0 bridgehead atoms. The molecule has 1 amide bonds. The fourth-order valence-corrected chi connectivity index (χ4v) is 6.12. The fourth-order valence-electron chi connectivity index (χ4n) is 5.39. The van der Waals surface area contributed by atoms with Crippen molar-refractivity contribution in [1.29, 1.82) is 0 Å². The van der Waals surface area contributed by atoms with E-state index in [9.17, 15) is 4.79 Å². The van der Waals surface area contributed by atoms with Crippen molar-refractivity contribution in [2.24, 2.45) is 5.92 Å². The number of nitrogens with zero attached hydrogens (tertiary/aromatic N) is 4. The van der Waals surface area contributed by atoms with Crippen LogP contribution in [-0.4, -0.2) is 72.3 Å². The van der Waals surface area contributed by atoms with E-state index < -0.39 is 0 Å². The number of hydrogen-bond acceptors (Lipinski definition) is 6. The molecule has 0 radical (unpaired) electrons. The van der Waals surface area contributed by atoms with E-state index in [2.05, 4.69) is 20.2 Å². The van der Waals surface area contributed by atoms with Crippen molar-refractivity contribution < 1.29 is 9.53 Å². The van der Waals surface area contributed by atoms with Crippen molar-refractivity contribution in [2.45, 2.75) is 64.0 Å². The summed E-state index contributed by atoms with van der Waals surface area (Å²) in [5, 5.41) is 3.31. The first-order chi connectivity index (χ1) is 13.8. The zero-order valence-corrected chi connectivity index (χ0v) is 17.9. The highest BCUT2D eigenvalue weighted by Gasteiger charge is 2.36. The minimum Gasteiger partial charge on any atom is -0.450 e. The summed E-state index contributed by atoms with van der Waals surface area (Å²) in [5.41, 5.74) is 0. The average Bonchev–Trinajstić information content (AvgIpc) is 3.35. The van der Waals surface area contributed by atoms with Crippen molar-refractivity contribution >= 4 is 22.6 Å². The molecular formula is C21H34N4O2S. The molecule has 2 atom stereocenters. The Kier molecular flexibility index (Phi) is 6.73. The van der Waals surface area contributed by atoms with Crippen LogP contribution in [0.4, 0.5) is 9.93 Å². The summed E-state index contributed by atoms with van der Waals surface area (Å²) < 4.78 is 5.19. The maximum atomic E-state index is 12.0. The zero-order chi connectivity index (χ0) is 19.3. The number of hydrogen-bond donors (Lipinski definition) is 0. The molecule has 3 aliphatic heterocycles. The molecule has 0 N–H and O–H groups in total. The van der Waals surface area contributed by atoms with Crippen LogP contribution in [0.5, 0.6) is 0 Å². The molecule has 7 heteroatoms. The molecule has 2 unspecified atom stereocenters. The Labute approximate surface area is 172 Å². The number of aromatic nitrogens is 1. The minimum atomic E-state index is -0.134. The summed E-state index contributed by atoms with van der Waals surface area (Å²) in [6.07, 6.45) is 10.4. The Hall–Kier alpha value is -1.34. The van der Waals surface area contributed by atoms with Gasteiger partial charge in [0.1, 0.15) is 0 Å². The van der Waals surface area contributed by atoms with Crippen molar-refractivity contribution in [3.05, 3.63) is 11.6 Å². The highest BCUT2D eigenvalue weighted by molar-refractivity contribution is 7.13. The molecule has 4 heterocycles. The largest absolute Gasteiger partial charge is 0.450 e. The predicted molar refractivity (Wildman–Crippen MR) is 113 cm³/mol. The first kappa shape index (κ1) is 20.0. The van der Waals surface area contributed by atoms with Gasteiger partial charge in [-0.2, -0.15) is 0 Å². The molecule has 0 spiro atoms. The normalized spacial score (nSPS) is 27.8. The smallest absolute Gasteiger partial charge is 0.409 e. The molecule has 0 aliphatic carbocycles. The Morgan fingerprint density at radius 2 is 1.93 bits per heavy atom. The van der Waals surface area contributed by atoms with Gasteiger partial charge in [0, 0.05) is 43.3 Å². The molecule has 0 saturated carbocycles. The molecule has 0 aromatic carbocycles. The van der Waals surface area contributed by atoms with E-state index in [1.54, 1.807) is 11.3 Å². The zero-order valence-electron chi connectivity index (χ0n) is 17.1. The third-order valence-corrected chi connectivity index (χ3v) is 7.63. The van der Waals surface area contributed by atoms with Crippen LogP contribution < -0.4 is 4.90 Å². The lowest BCUT2D eigenvalue weighted by atomic mass is 9.87. The summed E-state index contributed by atoms with van der Waals surface area (Å²) in [6, 6.07) is 1.31. The van der Waals surface area contributed by atoms with Crippen molar-refractivity contribution in [2.75, 3.05) is 44.2 Å². The number of likely N-dealkylation sites (tertiary alicyclic amines) is 2. The van der Waals surface area contributed by atoms with Crippen LogP contribution in [0.1, 0.15) is 51.9 Å². The molecule has 6 nitrogen and oxygen atoms in total. The van der Waals surface area contributed by atoms with E-state index in [1.807, 2.05) is 18.0 Å². The predicted octanol–water partition coefficient (Wildman–Crippen LogP) is 3.83. The molecule has 1 aromatic rings. The Bertz CT molecular complexity index is 618. The van der Waals surface area contributed by atoms with Gasteiger partial charge in [-0.15, -0.1) is 11.3 Å². The summed E-state index contributed by atoms with van der Waals surface area (Å²) >= 11 is 1.78. The number of amides is 1. The summed E-state index contributed by atoms with van der Waals surface area (Å²) in [7, 11) is 0. The summed E-state index contributed by atoms with van der Waals surface area (Å²) in [5.74, 6) is 0.796. The number of carbonyl (C=O) groups excluding carboxylic acids is 1. The number of rotatable bonds is 4. The van der Waals surface area contributed by atoms with E-state index in [0.29, 0.717) is 18.7 Å². The number of anilines is 1. The Balaban J connectivity index is 1.28. The molecular weight excluding hydrogens is 372 g/mol. The van der Waals surface area contributed by atoms with Gasteiger partial charge in [0.2, 0.25) is 0 Å². The first-order valence-electron chi connectivity index (χ1n) is 11.1. The van der Waals surface area contributed by atoms with Gasteiger partial charge in [0.05, 0.1) is 6.61 Å². The third kappa shape index (κ3) is 4.46. The molecule has 3 saturated heterocycles. The standard InChI is InChI=1S/C21H34N4O2S/c1-2-27-21(26)24-11-3-5-18(9-15-24)23-13-7-17(8-14-23)19-6-4-12-25(19)20-22-10-16-28-20/h10,16-19H,2-9,11-15H2,1H3. The van der Waals surface area contributed by atoms with Crippen LogP contribution in [0.15, 0.2) is 11.6 Å². The van der Waals surface area contributed by atoms with E-state index in [4.69, 9.17) is 4.74 Å². The van der Waals surface area contributed by atoms with Crippen LogP contribution >= 0.6 is 11.3 Å². The van der Waals surface area contributed by atoms with E-state index in [1.165, 1.54) is 56.9 Å². The van der Waals surface area contributed by atoms with Crippen molar-refractivity contribution in [3.63, 3.8) is 0 Å². The van der Waals surface area contributed by atoms with Crippen LogP contribution in [0.3, 0.4) is 0 Å². The SMILES string of the molecule is CCOC(=O)N1CCCC(N2CCC(C3CCCN3c3nccs3)CC2)CC1. The van der Waals surface area contributed by atoms with Gasteiger partial charge in [-0.3, -0.25) is 0 Å². The van der Waals surface area contributed by atoms with Crippen molar-refractivity contribution in [1.82, 2.24) is 14.8 Å². The molecule has 4 rings (SSSR count). The first-order valence-corrected chi connectivity index (χ1v) is 12.0. The van der Waals surface area contributed by atoms with Gasteiger partial charge in [-0.05, 0) is 70.9 Å². The maximum absolute atomic E-state index is 12.0. The maximum Gasteiger partial charge on any atom is 0.409 e. The molecule has 3 aliphatic rings. The lowest BCUT2D eigenvalue weighted by Crippen LogP contribution is -2.46. The van der Waals surface area contributed by atoms with Gasteiger partial charge >= 0.3 is 6.09 Å². The average molecular weight is 407 g/mol. The number of piperidine rings is 1. The lowest BCUT2D eigenvalue weighted by Gasteiger charge is -2.41. The van der Waals surface area contributed by atoms with Gasteiger partial charge in [-0.25, -0.2) is 9.78 Å². The number of thiazole rings is 1. The quantitative estimate of drug-likeness (QED) is 0.760. The summed E-state index contributed by atoms with van der Waals surface area (Å²) in [4.78, 5) is 23.8. The topological polar surface area (TPSA) is 48.9 Å². The highest BCUT2D eigenvalue weighted by atomic mass is 32.1. The molecule has 1 aromatic heterocycles. The van der Waals surface area contributed by atoms with Crippen LogP contribution in [0.2, 0.25) is 0 Å². The van der Waals surface area contributed by atoms with Gasteiger partial charge in [-0.1, -0.05) is 0 Å². The molecule has 3 fully saturated rings. The van der Waals surface area contributed by atoms with Gasteiger partial charge in [0.15, 0.2) is 5.13 Å². The van der Waals surface area contributed by atoms with Crippen LogP contribution in [-0.2, 0) is 4.74 Å². The molecule has 28 heavy (non-hydrogen) atoms. The molecule has 156 valence electrons. The van der Waals surface area contributed by atoms with Gasteiger partial charge in [0.25, 0.3) is 0 Å². The second-order valence-electron chi connectivity index (χ2n) is 8.36. The van der Waals surface area contributed by atoms with Gasteiger partial charge < -0.3 is 19.4 Å². The van der Waals surface area contributed by atoms with Crippen LogP contribution in [0.25, 0.3) is 0 Å². The van der Waals surface area contributed by atoms with E-state index >= 15 is 0 Å². The Morgan fingerprint density at radius 3 is 2.68 bits per heavy atom. The second kappa shape index (κ2) is 9.44. The minimum absolute atomic E-state index is 0.134. The number of carbonyl (C=O) groups is 1. The fraction of sp³-hybridized carbons (Fsp3) is 0.810. The van der Waals surface area contributed by atoms with E-state index in [0.717, 1.165) is 31.8 Å². The van der Waals surface area contributed by atoms with E-state index in [-0.39, 0.29) is 6.09 Å². The lowest BCUT2D eigenvalue weighted by molar-refractivity contribution is 0.101. The van der Waals surface area contributed by atoms with Crippen LogP contribution in [0, 0.1) is 5.92 Å². The second-order valence-corrected chi connectivity index (χ2v) is 9.23. The Morgan fingerprint density at radius 1 is 1.11 bits per heavy atom. The van der Waals surface area contributed by atoms with Crippen molar-refractivity contribution in [3.8, 4) is 0 Å².